The normalized spacial score (nSPS) is 12.0. The van der Waals surface area contributed by atoms with Gasteiger partial charge in [0.05, 0.1) is 26.1 Å². The molecule has 0 saturated carbocycles. The number of hydrogen-bond acceptors (Lipinski definition) is 4. The Morgan fingerprint density at radius 2 is 0.882 bits per heavy atom. The zero-order valence-corrected chi connectivity index (χ0v) is 23.2. The minimum atomic E-state index is -0.298. The van der Waals surface area contributed by atoms with E-state index in [1.807, 2.05) is 0 Å². The molecule has 1 unspecified atom stereocenters. The third-order valence-corrected chi connectivity index (χ3v) is 6.86. The lowest BCUT2D eigenvalue weighted by molar-refractivity contribution is -0.150. The van der Waals surface area contributed by atoms with Crippen LogP contribution in [0.25, 0.3) is 0 Å². The van der Waals surface area contributed by atoms with Crippen LogP contribution in [0, 0.1) is 5.92 Å². The van der Waals surface area contributed by atoms with E-state index in [2.05, 4.69) is 20.8 Å². The summed E-state index contributed by atoms with van der Waals surface area (Å²) < 4.78 is 10.4. The number of rotatable bonds is 26. The van der Waals surface area contributed by atoms with E-state index in [0.717, 1.165) is 25.7 Å². The number of carbonyl (C=O) groups is 2. The molecule has 0 aromatic heterocycles. The maximum absolute atomic E-state index is 11.7. The zero-order valence-electron chi connectivity index (χ0n) is 23.2. The molecule has 0 rings (SSSR count). The highest BCUT2D eigenvalue weighted by Gasteiger charge is 2.09. The van der Waals surface area contributed by atoms with Crippen molar-refractivity contribution < 1.29 is 19.1 Å². The lowest BCUT2D eigenvalue weighted by Gasteiger charge is -2.09. The summed E-state index contributed by atoms with van der Waals surface area (Å²) in [6.45, 7) is 7.47. The Bertz CT molecular complexity index is 449. The van der Waals surface area contributed by atoms with Crippen LogP contribution in [0.2, 0.25) is 0 Å². The molecule has 0 aliphatic rings. The fourth-order valence-corrected chi connectivity index (χ4v) is 4.12. The highest BCUT2D eigenvalue weighted by atomic mass is 16.5. The van der Waals surface area contributed by atoms with Crippen LogP contribution >= 0.6 is 0 Å². The van der Waals surface area contributed by atoms with Gasteiger partial charge in [0, 0.05) is 0 Å². The van der Waals surface area contributed by atoms with Crippen LogP contribution < -0.4 is 0 Å². The van der Waals surface area contributed by atoms with Crippen LogP contribution in [-0.4, -0.2) is 25.2 Å². The summed E-state index contributed by atoms with van der Waals surface area (Å²) in [4.78, 5) is 23.4. The maximum Gasteiger partial charge on any atom is 0.306 e. The van der Waals surface area contributed by atoms with E-state index in [9.17, 15) is 9.59 Å². The number of carbonyl (C=O) groups excluding carboxylic acids is 2. The van der Waals surface area contributed by atoms with Crippen LogP contribution in [0.1, 0.15) is 162 Å². The molecule has 0 aromatic rings. The van der Waals surface area contributed by atoms with Crippen molar-refractivity contribution in [1.29, 1.82) is 0 Å². The molecule has 1 atom stereocenters. The van der Waals surface area contributed by atoms with Gasteiger partial charge in [0.15, 0.2) is 0 Å². The third kappa shape index (κ3) is 25.6. The van der Waals surface area contributed by atoms with E-state index < -0.39 is 0 Å². The highest BCUT2D eigenvalue weighted by molar-refractivity contribution is 5.77. The number of esters is 2. The molecule has 4 nitrogen and oxygen atoms in total. The van der Waals surface area contributed by atoms with Gasteiger partial charge in [0.1, 0.15) is 0 Å². The molecule has 0 aliphatic carbocycles. The SMILES string of the molecule is CCCCCCCCCCCCCCCCCCCCOC(=O)CCC(=O)OCCC(C)CC. The molecule has 0 fully saturated rings. The van der Waals surface area contributed by atoms with Crippen molar-refractivity contribution in [1.82, 2.24) is 0 Å². The first-order valence-electron chi connectivity index (χ1n) is 14.9. The summed E-state index contributed by atoms with van der Waals surface area (Å²) in [6, 6.07) is 0. The molecule has 0 bridgehead atoms. The fraction of sp³-hybridized carbons (Fsp3) is 0.933. The second kappa shape index (κ2) is 26.5. The smallest absolute Gasteiger partial charge is 0.306 e. The standard InChI is InChI=1S/C30H58O4/c1-4-6-7-8-9-10-11-12-13-14-15-16-17-18-19-20-21-22-26-33-29(31)23-24-30(32)34-27-25-28(3)5-2/h28H,4-27H2,1-3H3. The average Bonchev–Trinajstić information content (AvgIpc) is 2.84. The first kappa shape index (κ1) is 32.9. The summed E-state index contributed by atoms with van der Waals surface area (Å²) in [5.41, 5.74) is 0. The molecular formula is C30H58O4. The molecule has 202 valence electrons. The van der Waals surface area contributed by atoms with Crippen molar-refractivity contribution >= 4 is 11.9 Å². The van der Waals surface area contributed by atoms with Gasteiger partial charge in [-0.3, -0.25) is 9.59 Å². The largest absolute Gasteiger partial charge is 0.466 e. The van der Waals surface area contributed by atoms with Gasteiger partial charge >= 0.3 is 11.9 Å². The van der Waals surface area contributed by atoms with E-state index in [4.69, 9.17) is 9.47 Å². The van der Waals surface area contributed by atoms with Crippen molar-refractivity contribution in [3.63, 3.8) is 0 Å². The van der Waals surface area contributed by atoms with Crippen molar-refractivity contribution in [2.75, 3.05) is 13.2 Å². The van der Waals surface area contributed by atoms with Gasteiger partial charge in [0.2, 0.25) is 0 Å². The van der Waals surface area contributed by atoms with Gasteiger partial charge in [0.25, 0.3) is 0 Å². The van der Waals surface area contributed by atoms with Crippen LogP contribution in [-0.2, 0) is 19.1 Å². The second-order valence-corrected chi connectivity index (χ2v) is 10.3. The first-order valence-corrected chi connectivity index (χ1v) is 14.9. The lowest BCUT2D eigenvalue weighted by atomic mass is 10.0. The fourth-order valence-electron chi connectivity index (χ4n) is 4.12. The molecule has 0 heterocycles. The second-order valence-electron chi connectivity index (χ2n) is 10.3. The van der Waals surface area contributed by atoms with Crippen LogP contribution in [0.4, 0.5) is 0 Å². The van der Waals surface area contributed by atoms with Crippen molar-refractivity contribution in [3.05, 3.63) is 0 Å². The zero-order chi connectivity index (χ0) is 25.1. The van der Waals surface area contributed by atoms with E-state index in [1.54, 1.807) is 0 Å². The van der Waals surface area contributed by atoms with Crippen molar-refractivity contribution in [2.24, 2.45) is 5.92 Å². The number of ether oxygens (including phenoxy) is 2. The molecule has 0 saturated heterocycles. The van der Waals surface area contributed by atoms with Gasteiger partial charge in [-0.1, -0.05) is 136 Å². The van der Waals surface area contributed by atoms with E-state index in [0.29, 0.717) is 19.1 Å². The minimum Gasteiger partial charge on any atom is -0.466 e. The monoisotopic (exact) mass is 482 g/mol. The van der Waals surface area contributed by atoms with Gasteiger partial charge in [-0.2, -0.15) is 0 Å². The molecule has 4 heteroatoms. The molecule has 0 amide bonds. The summed E-state index contributed by atoms with van der Waals surface area (Å²) in [6.07, 6.45) is 26.5. The number of unbranched alkanes of at least 4 members (excludes halogenated alkanes) is 17. The summed E-state index contributed by atoms with van der Waals surface area (Å²) in [5, 5.41) is 0. The van der Waals surface area contributed by atoms with Gasteiger partial charge in [-0.25, -0.2) is 0 Å². The first-order chi connectivity index (χ1) is 16.6. The van der Waals surface area contributed by atoms with E-state index in [1.165, 1.54) is 103 Å². The van der Waals surface area contributed by atoms with E-state index in [-0.39, 0.29) is 24.8 Å². The van der Waals surface area contributed by atoms with Gasteiger partial charge in [-0.15, -0.1) is 0 Å². The maximum atomic E-state index is 11.7. The molecule has 0 N–H and O–H groups in total. The molecule has 0 spiro atoms. The Morgan fingerprint density at radius 1 is 0.529 bits per heavy atom. The molecule has 34 heavy (non-hydrogen) atoms. The van der Waals surface area contributed by atoms with Crippen molar-refractivity contribution in [3.8, 4) is 0 Å². The van der Waals surface area contributed by atoms with Crippen molar-refractivity contribution in [2.45, 2.75) is 162 Å². The lowest BCUT2D eigenvalue weighted by Crippen LogP contribution is -2.12. The number of hydrogen-bond donors (Lipinski definition) is 0. The molecular weight excluding hydrogens is 424 g/mol. The molecule has 0 radical (unpaired) electrons. The van der Waals surface area contributed by atoms with Gasteiger partial charge < -0.3 is 9.47 Å². The summed E-state index contributed by atoms with van der Waals surface area (Å²) >= 11 is 0. The highest BCUT2D eigenvalue weighted by Crippen LogP contribution is 2.14. The van der Waals surface area contributed by atoms with Crippen LogP contribution in [0.15, 0.2) is 0 Å². The summed E-state index contributed by atoms with van der Waals surface area (Å²) in [5.74, 6) is -0.0218. The Labute approximate surface area is 212 Å². The van der Waals surface area contributed by atoms with Crippen LogP contribution in [0.5, 0.6) is 0 Å². The molecule has 0 aliphatic heterocycles. The Balaban J connectivity index is 3.24. The third-order valence-electron chi connectivity index (χ3n) is 6.86. The van der Waals surface area contributed by atoms with Gasteiger partial charge in [-0.05, 0) is 18.8 Å². The predicted molar refractivity (Wildman–Crippen MR) is 144 cm³/mol. The quantitative estimate of drug-likeness (QED) is 0.0910. The topological polar surface area (TPSA) is 52.6 Å². The Hall–Kier alpha value is -1.06. The Kier molecular flexibility index (Phi) is 25.7. The summed E-state index contributed by atoms with van der Waals surface area (Å²) in [7, 11) is 0. The average molecular weight is 483 g/mol. The van der Waals surface area contributed by atoms with E-state index >= 15 is 0 Å². The predicted octanol–water partition coefficient (Wildman–Crippen LogP) is 9.33. The van der Waals surface area contributed by atoms with Crippen LogP contribution in [0.3, 0.4) is 0 Å². The minimum absolute atomic E-state index is 0.123. The molecule has 0 aromatic carbocycles. The Morgan fingerprint density at radius 3 is 1.26 bits per heavy atom.